The summed E-state index contributed by atoms with van der Waals surface area (Å²) in [4.78, 5) is 13.5. The minimum absolute atomic E-state index is 0.0205. The molecule has 0 radical (unpaired) electrons. The Kier molecular flexibility index (Phi) is 5.48. The Labute approximate surface area is 245 Å². The number of hydrogen-bond donors (Lipinski definition) is 10. The standard InChI is InChI=1S/C30H22O14/c31-11-1-9(2-12(32)5-11)27-26(40)25(39)21-15(35)8-19-22(28(21)42-27)23-20-14(34)6-13(33)7-18(20)43-30(44-19,29(23)41)10-3-16(36)24(38)17(37)4-10/h1-8,23,26-27,29,31-38,40-41H. The Hall–Kier alpha value is -5.73. The van der Waals surface area contributed by atoms with Crippen molar-refractivity contribution >= 4 is 5.78 Å². The largest absolute Gasteiger partial charge is 0.508 e. The minimum Gasteiger partial charge on any atom is -0.508 e. The lowest BCUT2D eigenvalue weighted by Crippen LogP contribution is -2.57. The van der Waals surface area contributed by atoms with Crippen LogP contribution in [0.2, 0.25) is 0 Å². The Morgan fingerprint density at radius 2 is 1.23 bits per heavy atom. The number of aliphatic hydroxyl groups is 2. The molecule has 2 bridgehead atoms. The monoisotopic (exact) mass is 606 g/mol. The maximum absolute atomic E-state index is 13.5. The van der Waals surface area contributed by atoms with E-state index in [0.717, 1.165) is 48.5 Å². The molecule has 10 N–H and O–H groups in total. The van der Waals surface area contributed by atoms with Crippen molar-refractivity contribution in [3.8, 4) is 63.2 Å². The summed E-state index contributed by atoms with van der Waals surface area (Å²) in [7, 11) is 0. The van der Waals surface area contributed by atoms with Gasteiger partial charge in [0.2, 0.25) is 5.78 Å². The number of aliphatic hydroxyl groups excluding tert-OH is 2. The first-order valence-electron chi connectivity index (χ1n) is 13.0. The first-order chi connectivity index (χ1) is 20.8. The third kappa shape index (κ3) is 3.58. The van der Waals surface area contributed by atoms with Crippen molar-refractivity contribution in [1.82, 2.24) is 0 Å². The molecule has 5 unspecified atom stereocenters. The molecule has 44 heavy (non-hydrogen) atoms. The molecule has 0 amide bonds. The molecule has 4 aromatic rings. The van der Waals surface area contributed by atoms with Crippen molar-refractivity contribution in [1.29, 1.82) is 0 Å². The zero-order chi connectivity index (χ0) is 31.4. The van der Waals surface area contributed by atoms with E-state index in [-0.39, 0.29) is 39.5 Å². The second-order valence-corrected chi connectivity index (χ2v) is 10.7. The molecule has 0 aromatic heterocycles. The lowest BCUT2D eigenvalue weighted by molar-refractivity contribution is -0.219. The molecule has 3 aliphatic rings. The highest BCUT2D eigenvalue weighted by atomic mass is 16.7. The van der Waals surface area contributed by atoms with Crippen molar-refractivity contribution in [2.75, 3.05) is 0 Å². The van der Waals surface area contributed by atoms with E-state index < -0.39 is 87.4 Å². The van der Waals surface area contributed by atoms with Crippen LogP contribution >= 0.6 is 0 Å². The Balaban J connectivity index is 1.51. The predicted molar refractivity (Wildman–Crippen MR) is 144 cm³/mol. The van der Waals surface area contributed by atoms with Gasteiger partial charge in [-0.05, 0) is 24.3 Å². The van der Waals surface area contributed by atoms with Crippen LogP contribution < -0.4 is 14.2 Å². The van der Waals surface area contributed by atoms with Crippen molar-refractivity contribution in [2.24, 2.45) is 0 Å². The van der Waals surface area contributed by atoms with Gasteiger partial charge < -0.3 is 65.3 Å². The van der Waals surface area contributed by atoms with Gasteiger partial charge in [0.05, 0.1) is 5.92 Å². The van der Waals surface area contributed by atoms with Crippen molar-refractivity contribution in [3.63, 3.8) is 0 Å². The third-order valence-corrected chi connectivity index (χ3v) is 7.99. The van der Waals surface area contributed by atoms with Gasteiger partial charge in [-0.3, -0.25) is 4.79 Å². The SMILES string of the molecule is O=C1c2c(O)cc3c(c2OC(c2cc(O)cc(O)c2)C1O)C1c2c(O)cc(O)cc2OC(c2cc(O)c(O)c(O)c2)(O3)C1O. The van der Waals surface area contributed by atoms with Gasteiger partial charge in [-0.1, -0.05) is 0 Å². The fourth-order valence-electron chi connectivity index (χ4n) is 6.12. The van der Waals surface area contributed by atoms with E-state index in [0.29, 0.717) is 0 Å². The number of benzene rings is 4. The number of carbonyl (C=O) groups is 1. The molecule has 4 aromatic carbocycles. The fourth-order valence-corrected chi connectivity index (χ4v) is 6.12. The molecule has 0 fully saturated rings. The number of ether oxygens (including phenoxy) is 3. The smallest absolute Gasteiger partial charge is 0.305 e. The lowest BCUT2D eigenvalue weighted by Gasteiger charge is -2.50. The van der Waals surface area contributed by atoms with E-state index in [1.165, 1.54) is 0 Å². The van der Waals surface area contributed by atoms with Gasteiger partial charge in [0.25, 0.3) is 0 Å². The summed E-state index contributed by atoms with van der Waals surface area (Å²) < 4.78 is 18.2. The maximum Gasteiger partial charge on any atom is 0.305 e. The first kappa shape index (κ1) is 27.1. The van der Waals surface area contributed by atoms with Gasteiger partial charge in [-0.2, -0.15) is 0 Å². The van der Waals surface area contributed by atoms with E-state index in [4.69, 9.17) is 14.2 Å². The summed E-state index contributed by atoms with van der Waals surface area (Å²) in [6, 6.07) is 8.22. The number of phenols is 8. The van der Waals surface area contributed by atoms with Crippen LogP contribution in [-0.4, -0.2) is 69.1 Å². The molecule has 0 saturated carbocycles. The molecule has 0 saturated heterocycles. The van der Waals surface area contributed by atoms with E-state index in [2.05, 4.69) is 0 Å². The second-order valence-electron chi connectivity index (χ2n) is 10.7. The van der Waals surface area contributed by atoms with Gasteiger partial charge in [0, 0.05) is 46.5 Å². The number of ketones is 1. The molecule has 5 atom stereocenters. The van der Waals surface area contributed by atoms with Crippen LogP contribution in [0.15, 0.2) is 48.5 Å². The van der Waals surface area contributed by atoms with E-state index >= 15 is 0 Å². The molecule has 0 spiro atoms. The van der Waals surface area contributed by atoms with Crippen LogP contribution in [0.3, 0.4) is 0 Å². The van der Waals surface area contributed by atoms with Crippen LogP contribution in [0.5, 0.6) is 63.2 Å². The van der Waals surface area contributed by atoms with E-state index in [1.807, 2.05) is 0 Å². The molecular weight excluding hydrogens is 584 g/mol. The topological polar surface area (TPSA) is 247 Å². The number of carbonyl (C=O) groups excluding carboxylic acids is 1. The van der Waals surface area contributed by atoms with Crippen LogP contribution in [0.1, 0.15) is 44.6 Å². The predicted octanol–water partition coefficient (Wildman–Crippen LogP) is 2.14. The summed E-state index contributed by atoms with van der Waals surface area (Å²) in [6.45, 7) is 0. The average Bonchev–Trinajstić information content (AvgIpc) is 2.93. The highest BCUT2D eigenvalue weighted by molar-refractivity contribution is 6.06. The maximum atomic E-state index is 13.5. The summed E-state index contributed by atoms with van der Waals surface area (Å²) in [6.07, 6.45) is -5.33. The van der Waals surface area contributed by atoms with Crippen LogP contribution in [-0.2, 0) is 5.79 Å². The summed E-state index contributed by atoms with van der Waals surface area (Å²) in [5.41, 5.74) is -0.961. The Morgan fingerprint density at radius 1 is 0.636 bits per heavy atom. The highest BCUT2D eigenvalue weighted by Crippen LogP contribution is 2.62. The molecule has 0 aliphatic carbocycles. The van der Waals surface area contributed by atoms with Gasteiger partial charge in [0.15, 0.2) is 29.5 Å². The summed E-state index contributed by atoms with van der Waals surface area (Å²) in [5, 5.41) is 105. The molecule has 14 heteroatoms. The Bertz CT molecular complexity index is 1880. The van der Waals surface area contributed by atoms with Crippen LogP contribution in [0.25, 0.3) is 0 Å². The average molecular weight is 606 g/mol. The summed E-state index contributed by atoms with van der Waals surface area (Å²) in [5.74, 6) is -10.7. The van der Waals surface area contributed by atoms with Gasteiger partial charge >= 0.3 is 5.79 Å². The molecule has 3 aliphatic heterocycles. The highest BCUT2D eigenvalue weighted by Gasteiger charge is 2.60. The zero-order valence-electron chi connectivity index (χ0n) is 22.0. The quantitative estimate of drug-likeness (QED) is 0.147. The number of hydrogen-bond acceptors (Lipinski definition) is 14. The van der Waals surface area contributed by atoms with Crippen LogP contribution in [0, 0.1) is 0 Å². The Morgan fingerprint density at radius 3 is 1.86 bits per heavy atom. The van der Waals surface area contributed by atoms with E-state index in [1.54, 1.807) is 0 Å². The summed E-state index contributed by atoms with van der Waals surface area (Å²) >= 11 is 0. The van der Waals surface area contributed by atoms with Gasteiger partial charge in [-0.15, -0.1) is 0 Å². The molecular formula is C30H22O14. The number of aromatic hydroxyl groups is 8. The minimum atomic E-state index is -2.36. The fraction of sp³-hybridized carbons (Fsp3) is 0.167. The molecule has 226 valence electrons. The number of phenolic OH excluding ortho intramolecular Hbond substituents is 8. The molecule has 3 heterocycles. The lowest BCUT2D eigenvalue weighted by atomic mass is 9.74. The normalized spacial score (nSPS) is 24.6. The number of rotatable bonds is 2. The van der Waals surface area contributed by atoms with E-state index in [9.17, 15) is 55.9 Å². The van der Waals surface area contributed by atoms with Gasteiger partial charge in [-0.25, -0.2) is 0 Å². The number of fused-ring (bicyclic) bond motifs is 8. The molecule has 14 nitrogen and oxygen atoms in total. The van der Waals surface area contributed by atoms with Crippen molar-refractivity contribution < 1.29 is 70.1 Å². The number of Topliss-reactive ketones (excluding diaryl/α,β-unsaturated/α-hetero) is 1. The van der Waals surface area contributed by atoms with Crippen molar-refractivity contribution in [2.45, 2.75) is 30.0 Å². The van der Waals surface area contributed by atoms with Gasteiger partial charge in [0.1, 0.15) is 57.7 Å². The van der Waals surface area contributed by atoms with Crippen molar-refractivity contribution in [3.05, 3.63) is 76.3 Å². The second kappa shape index (κ2) is 8.89. The molecule has 7 rings (SSSR count). The zero-order valence-corrected chi connectivity index (χ0v) is 22.0. The third-order valence-electron chi connectivity index (χ3n) is 7.99. The van der Waals surface area contributed by atoms with Crippen LogP contribution in [0.4, 0.5) is 0 Å². The first-order valence-corrected chi connectivity index (χ1v) is 13.0.